The van der Waals surface area contributed by atoms with Gasteiger partial charge in [0.05, 0.1) is 18.1 Å². The number of unbranched alkanes of at least 4 members (excludes halogenated alkanes) is 2. The molecule has 9 heteroatoms. The molecule has 7 nitrogen and oxygen atoms in total. The van der Waals surface area contributed by atoms with E-state index in [-0.39, 0.29) is 35.7 Å². The molecule has 3 fully saturated rings. The third-order valence-corrected chi connectivity index (χ3v) is 8.75. The van der Waals surface area contributed by atoms with Crippen LogP contribution in [0.2, 0.25) is 0 Å². The number of carbonyl (C=O) groups excluding carboxylic acids is 2. The van der Waals surface area contributed by atoms with Gasteiger partial charge in [-0.25, -0.2) is 17.6 Å². The Balaban J connectivity index is 1.26. The largest absolute Gasteiger partial charge is 0.490 e. The van der Waals surface area contributed by atoms with Crippen LogP contribution in [0.5, 0.6) is 5.75 Å². The molecule has 1 heterocycles. The summed E-state index contributed by atoms with van der Waals surface area (Å²) in [5, 5.41) is 2.23. The Bertz CT molecular complexity index is 973. The number of ether oxygens (including phenoxy) is 1. The van der Waals surface area contributed by atoms with E-state index in [1.807, 2.05) is 0 Å². The molecule has 2 saturated carbocycles. The Morgan fingerprint density at radius 2 is 1.94 bits per heavy atom. The lowest BCUT2D eigenvalue weighted by Crippen LogP contribution is -2.29. The number of hydrogen-bond donors (Lipinski definition) is 1. The van der Waals surface area contributed by atoms with Gasteiger partial charge in [-0.3, -0.25) is 10.1 Å². The fourth-order valence-electron chi connectivity index (χ4n) is 4.44. The standard InChI is InChI=1S/C23H31FN2O5S/c24-19-8-7-18(13-20(19)31-15-17-5-4-6-17)23(9-10-23)16-32(29,30)12-3-1-2-11-26-14-21(27)25-22(26)28/h7-8,13,17H,1-6,9-12,14-16H2,(H,25,27,28). The van der Waals surface area contributed by atoms with Crippen LogP contribution in [0.1, 0.15) is 56.9 Å². The van der Waals surface area contributed by atoms with Crippen molar-refractivity contribution in [1.82, 2.24) is 10.2 Å². The van der Waals surface area contributed by atoms with E-state index in [1.165, 1.54) is 17.4 Å². The molecule has 0 bridgehead atoms. The SMILES string of the molecule is O=C1CN(CCCCCS(=O)(=O)CC2(c3ccc(F)c(OCC4CCC4)c3)CC2)C(=O)N1. The molecule has 4 rings (SSSR count). The average molecular weight is 467 g/mol. The van der Waals surface area contributed by atoms with Crippen LogP contribution in [0.25, 0.3) is 0 Å². The van der Waals surface area contributed by atoms with E-state index in [4.69, 9.17) is 4.74 Å². The van der Waals surface area contributed by atoms with Crippen molar-refractivity contribution in [3.05, 3.63) is 29.6 Å². The first-order valence-electron chi connectivity index (χ1n) is 11.5. The number of nitrogens with one attached hydrogen (secondary N) is 1. The second kappa shape index (κ2) is 9.37. The number of nitrogens with zero attached hydrogens (tertiary/aromatic N) is 1. The van der Waals surface area contributed by atoms with Crippen molar-refractivity contribution < 1.29 is 27.1 Å². The summed E-state index contributed by atoms with van der Waals surface area (Å²) in [7, 11) is -3.27. The molecule has 0 unspecified atom stereocenters. The number of benzene rings is 1. The second-order valence-corrected chi connectivity index (χ2v) is 11.6. The van der Waals surface area contributed by atoms with Gasteiger partial charge in [-0.1, -0.05) is 18.9 Å². The van der Waals surface area contributed by atoms with Crippen LogP contribution in [-0.4, -0.2) is 56.5 Å². The Kier molecular flexibility index (Phi) is 6.74. The van der Waals surface area contributed by atoms with Crippen molar-refractivity contribution in [3.63, 3.8) is 0 Å². The van der Waals surface area contributed by atoms with Crippen molar-refractivity contribution in [2.24, 2.45) is 5.92 Å². The first-order valence-corrected chi connectivity index (χ1v) is 13.3. The summed E-state index contributed by atoms with van der Waals surface area (Å²) in [5.74, 6) is 0.170. The van der Waals surface area contributed by atoms with Gasteiger partial charge in [-0.15, -0.1) is 0 Å². The van der Waals surface area contributed by atoms with E-state index in [0.717, 1.165) is 31.2 Å². The summed E-state index contributed by atoms with van der Waals surface area (Å²) in [6.07, 6.45) is 6.82. The first-order chi connectivity index (χ1) is 15.3. The Morgan fingerprint density at radius 3 is 2.56 bits per heavy atom. The van der Waals surface area contributed by atoms with Crippen molar-refractivity contribution in [1.29, 1.82) is 0 Å². The molecule has 1 aromatic rings. The van der Waals surface area contributed by atoms with Crippen molar-refractivity contribution in [2.45, 2.75) is 56.8 Å². The van der Waals surface area contributed by atoms with Gasteiger partial charge in [0.15, 0.2) is 21.4 Å². The van der Waals surface area contributed by atoms with Gasteiger partial charge in [0.2, 0.25) is 5.91 Å². The highest BCUT2D eigenvalue weighted by Crippen LogP contribution is 2.50. The second-order valence-electron chi connectivity index (χ2n) is 9.46. The maximum Gasteiger partial charge on any atom is 0.324 e. The maximum atomic E-state index is 14.2. The quantitative estimate of drug-likeness (QED) is 0.377. The summed E-state index contributed by atoms with van der Waals surface area (Å²) >= 11 is 0. The monoisotopic (exact) mass is 466 g/mol. The molecule has 0 spiro atoms. The normalized spacial score (nSPS) is 20.2. The Morgan fingerprint density at radius 1 is 1.16 bits per heavy atom. The predicted octanol–water partition coefficient (Wildman–Crippen LogP) is 3.17. The van der Waals surface area contributed by atoms with Gasteiger partial charge in [0.1, 0.15) is 6.54 Å². The van der Waals surface area contributed by atoms with Gasteiger partial charge in [-0.2, -0.15) is 0 Å². The van der Waals surface area contributed by atoms with Crippen LogP contribution < -0.4 is 10.1 Å². The minimum atomic E-state index is -3.27. The predicted molar refractivity (Wildman–Crippen MR) is 118 cm³/mol. The molecule has 3 amide bonds. The Hall–Kier alpha value is -2.16. The number of imide groups is 1. The van der Waals surface area contributed by atoms with Crippen LogP contribution in [-0.2, 0) is 20.0 Å². The highest BCUT2D eigenvalue weighted by Gasteiger charge is 2.47. The smallest absolute Gasteiger partial charge is 0.324 e. The third kappa shape index (κ3) is 5.60. The number of hydrogen-bond acceptors (Lipinski definition) is 5. The van der Waals surface area contributed by atoms with Crippen molar-refractivity contribution in [3.8, 4) is 5.75 Å². The molecular formula is C23H31FN2O5S. The average Bonchev–Trinajstić information content (AvgIpc) is 3.38. The van der Waals surface area contributed by atoms with E-state index in [0.29, 0.717) is 38.3 Å². The number of sulfone groups is 1. The van der Waals surface area contributed by atoms with Crippen molar-refractivity contribution in [2.75, 3.05) is 31.2 Å². The minimum absolute atomic E-state index is 0.0662. The lowest BCUT2D eigenvalue weighted by atomic mass is 9.86. The summed E-state index contributed by atoms with van der Waals surface area (Å²) in [6.45, 7) is 1.03. The van der Waals surface area contributed by atoms with Gasteiger partial charge >= 0.3 is 6.03 Å². The third-order valence-electron chi connectivity index (χ3n) is 6.84. The van der Waals surface area contributed by atoms with E-state index < -0.39 is 21.1 Å². The molecule has 1 aliphatic heterocycles. The van der Waals surface area contributed by atoms with E-state index in [2.05, 4.69) is 5.32 Å². The zero-order chi connectivity index (χ0) is 22.8. The molecule has 3 aliphatic rings. The van der Waals surface area contributed by atoms with Crippen LogP contribution in [0.15, 0.2) is 18.2 Å². The lowest BCUT2D eigenvalue weighted by molar-refractivity contribution is -0.118. The van der Waals surface area contributed by atoms with Crippen LogP contribution >= 0.6 is 0 Å². The fourth-order valence-corrected chi connectivity index (χ4v) is 6.52. The summed E-state index contributed by atoms with van der Waals surface area (Å²) in [6, 6.07) is 4.39. The first kappa shape index (κ1) is 23.0. The van der Waals surface area contributed by atoms with Crippen LogP contribution in [0, 0.1) is 11.7 Å². The molecule has 1 aromatic carbocycles. The summed E-state index contributed by atoms with van der Waals surface area (Å²) < 4.78 is 45.4. The summed E-state index contributed by atoms with van der Waals surface area (Å²) in [4.78, 5) is 24.1. The number of carbonyl (C=O) groups is 2. The molecule has 176 valence electrons. The fraction of sp³-hybridized carbons (Fsp3) is 0.652. The molecule has 0 aromatic heterocycles. The topological polar surface area (TPSA) is 92.8 Å². The molecule has 1 N–H and O–H groups in total. The van der Waals surface area contributed by atoms with Crippen LogP contribution in [0.4, 0.5) is 9.18 Å². The minimum Gasteiger partial charge on any atom is -0.490 e. The molecule has 0 radical (unpaired) electrons. The van der Waals surface area contributed by atoms with E-state index in [1.54, 1.807) is 12.1 Å². The molecular weight excluding hydrogens is 435 g/mol. The zero-order valence-corrected chi connectivity index (χ0v) is 19.1. The molecule has 1 saturated heterocycles. The number of amides is 3. The van der Waals surface area contributed by atoms with Gasteiger partial charge < -0.3 is 9.64 Å². The van der Waals surface area contributed by atoms with Crippen LogP contribution in [0.3, 0.4) is 0 Å². The Labute approximate surface area is 188 Å². The summed E-state index contributed by atoms with van der Waals surface area (Å²) in [5.41, 5.74) is 0.408. The number of urea groups is 1. The molecule has 2 aliphatic carbocycles. The number of rotatable bonds is 12. The molecule has 0 atom stereocenters. The van der Waals surface area contributed by atoms with E-state index in [9.17, 15) is 22.4 Å². The number of halogens is 1. The van der Waals surface area contributed by atoms with Crippen molar-refractivity contribution >= 4 is 21.8 Å². The maximum absolute atomic E-state index is 14.2. The lowest BCUT2D eigenvalue weighted by Gasteiger charge is -2.25. The van der Waals surface area contributed by atoms with Gasteiger partial charge in [0.25, 0.3) is 0 Å². The highest BCUT2D eigenvalue weighted by molar-refractivity contribution is 7.91. The molecule has 32 heavy (non-hydrogen) atoms. The van der Waals surface area contributed by atoms with Gasteiger partial charge in [-0.05, 0) is 62.1 Å². The van der Waals surface area contributed by atoms with E-state index >= 15 is 0 Å². The highest BCUT2D eigenvalue weighted by atomic mass is 32.2. The van der Waals surface area contributed by atoms with Gasteiger partial charge in [0, 0.05) is 12.0 Å². The zero-order valence-electron chi connectivity index (χ0n) is 18.3.